The molecule has 0 aliphatic carbocycles. The van der Waals surface area contributed by atoms with Crippen molar-refractivity contribution in [1.82, 2.24) is 0 Å². The molecule has 21 heavy (non-hydrogen) atoms. The molecule has 0 unspecified atom stereocenters. The largest absolute Gasteiger partial charge is 0.487 e. The number of carbonyl (C=O) groups is 1. The minimum atomic E-state index is -0.409. The van der Waals surface area contributed by atoms with Gasteiger partial charge in [0.1, 0.15) is 12.1 Å². The Balaban J connectivity index is 2.73. The van der Waals surface area contributed by atoms with Crippen molar-refractivity contribution in [2.24, 2.45) is 0 Å². The Morgan fingerprint density at radius 2 is 2.00 bits per heavy atom. The Morgan fingerprint density at radius 3 is 2.62 bits per heavy atom. The SMILES string of the molecule is CCOC(=O)c1c[n+](CC)c2c(OCC)cccc2c1Cl. The normalized spacial score (nSPS) is 10.7. The molecule has 2 rings (SSSR count). The summed E-state index contributed by atoms with van der Waals surface area (Å²) >= 11 is 6.40. The molecule has 0 N–H and O–H groups in total. The second-order valence-electron chi connectivity index (χ2n) is 4.45. The van der Waals surface area contributed by atoms with Crippen LogP contribution in [0, 0.1) is 0 Å². The van der Waals surface area contributed by atoms with Crippen LogP contribution in [0.25, 0.3) is 10.9 Å². The number of hydrogen-bond acceptors (Lipinski definition) is 3. The summed E-state index contributed by atoms with van der Waals surface area (Å²) in [4.78, 5) is 12.0. The average molecular weight is 309 g/mol. The molecule has 112 valence electrons. The van der Waals surface area contributed by atoms with Crippen LogP contribution >= 0.6 is 11.6 Å². The average Bonchev–Trinajstić information content (AvgIpc) is 2.49. The second-order valence-corrected chi connectivity index (χ2v) is 4.83. The summed E-state index contributed by atoms with van der Waals surface area (Å²) in [5, 5.41) is 1.18. The molecule has 1 heterocycles. The Bertz CT molecular complexity index is 670. The number of ether oxygens (including phenoxy) is 2. The van der Waals surface area contributed by atoms with Gasteiger partial charge in [0.05, 0.1) is 23.6 Å². The number of rotatable bonds is 5. The van der Waals surface area contributed by atoms with Crippen LogP contribution in [-0.2, 0) is 11.3 Å². The zero-order valence-corrected chi connectivity index (χ0v) is 13.2. The van der Waals surface area contributed by atoms with E-state index in [1.165, 1.54) is 0 Å². The Hall–Kier alpha value is -1.81. The van der Waals surface area contributed by atoms with E-state index in [1.807, 2.05) is 36.6 Å². The van der Waals surface area contributed by atoms with Crippen LogP contribution < -0.4 is 9.30 Å². The van der Waals surface area contributed by atoms with E-state index in [-0.39, 0.29) is 0 Å². The van der Waals surface area contributed by atoms with Gasteiger partial charge < -0.3 is 9.47 Å². The van der Waals surface area contributed by atoms with Crippen molar-refractivity contribution < 1.29 is 18.8 Å². The van der Waals surface area contributed by atoms with E-state index >= 15 is 0 Å². The quantitative estimate of drug-likeness (QED) is 0.628. The van der Waals surface area contributed by atoms with Gasteiger partial charge in [0.2, 0.25) is 0 Å². The molecular formula is C16H19ClNO3+. The standard InChI is InChI=1S/C16H19ClNO3/c1-4-18-10-12(16(19)21-6-3)14(17)11-8-7-9-13(15(11)18)20-5-2/h7-10H,4-6H2,1-3H3/q+1. The van der Waals surface area contributed by atoms with Crippen molar-refractivity contribution in [1.29, 1.82) is 0 Å². The van der Waals surface area contributed by atoms with Gasteiger partial charge in [-0.15, -0.1) is 0 Å². The monoisotopic (exact) mass is 308 g/mol. The van der Waals surface area contributed by atoms with Gasteiger partial charge in [-0.25, -0.2) is 4.79 Å². The van der Waals surface area contributed by atoms with Crippen molar-refractivity contribution in [3.05, 3.63) is 35.0 Å². The van der Waals surface area contributed by atoms with E-state index in [0.29, 0.717) is 30.3 Å². The number of halogens is 1. The number of para-hydroxylation sites is 1. The lowest BCUT2D eigenvalue weighted by Gasteiger charge is -2.10. The first kappa shape index (κ1) is 15.6. The van der Waals surface area contributed by atoms with Crippen LogP contribution in [0.1, 0.15) is 31.1 Å². The molecule has 0 aliphatic heterocycles. The maximum atomic E-state index is 12.0. The third-order valence-corrected chi connectivity index (χ3v) is 3.59. The van der Waals surface area contributed by atoms with Crippen LogP contribution in [0.15, 0.2) is 24.4 Å². The molecule has 4 nitrogen and oxygen atoms in total. The lowest BCUT2D eigenvalue weighted by atomic mass is 10.1. The first-order chi connectivity index (χ1) is 10.1. The second kappa shape index (κ2) is 6.76. The molecule has 0 atom stereocenters. The van der Waals surface area contributed by atoms with Gasteiger partial charge in [-0.05, 0) is 32.9 Å². The molecular weight excluding hydrogens is 290 g/mol. The highest BCUT2D eigenvalue weighted by molar-refractivity contribution is 6.38. The van der Waals surface area contributed by atoms with Crippen LogP contribution in [0.2, 0.25) is 5.02 Å². The van der Waals surface area contributed by atoms with E-state index in [9.17, 15) is 4.79 Å². The fourth-order valence-corrected chi connectivity index (χ4v) is 2.57. The van der Waals surface area contributed by atoms with E-state index < -0.39 is 5.97 Å². The topological polar surface area (TPSA) is 39.4 Å². The van der Waals surface area contributed by atoms with Gasteiger partial charge >= 0.3 is 5.97 Å². The van der Waals surface area contributed by atoms with Gasteiger partial charge in [0.25, 0.3) is 5.52 Å². The van der Waals surface area contributed by atoms with Crippen LogP contribution in [0.5, 0.6) is 5.75 Å². The third-order valence-electron chi connectivity index (χ3n) is 3.18. The minimum Gasteiger partial charge on any atom is -0.487 e. The molecule has 0 spiro atoms. The highest BCUT2D eigenvalue weighted by Crippen LogP contribution is 2.30. The maximum Gasteiger partial charge on any atom is 0.345 e. The fourth-order valence-electron chi connectivity index (χ4n) is 2.29. The molecule has 0 bridgehead atoms. The molecule has 0 radical (unpaired) electrons. The fraction of sp³-hybridized carbons (Fsp3) is 0.375. The van der Waals surface area contributed by atoms with Gasteiger partial charge in [-0.1, -0.05) is 17.7 Å². The lowest BCUT2D eigenvalue weighted by Crippen LogP contribution is -2.35. The molecule has 1 aromatic carbocycles. The lowest BCUT2D eigenvalue weighted by molar-refractivity contribution is -0.668. The van der Waals surface area contributed by atoms with Crippen molar-refractivity contribution >= 4 is 28.5 Å². The first-order valence-electron chi connectivity index (χ1n) is 7.08. The number of pyridine rings is 1. The molecule has 5 heteroatoms. The molecule has 2 aromatic rings. The van der Waals surface area contributed by atoms with Crippen molar-refractivity contribution in [2.45, 2.75) is 27.3 Å². The molecule has 0 saturated heterocycles. The van der Waals surface area contributed by atoms with Crippen LogP contribution in [0.3, 0.4) is 0 Å². The van der Waals surface area contributed by atoms with Crippen molar-refractivity contribution in [3.8, 4) is 5.75 Å². The smallest absolute Gasteiger partial charge is 0.345 e. The Labute approximate surface area is 129 Å². The van der Waals surface area contributed by atoms with E-state index in [4.69, 9.17) is 21.1 Å². The number of benzene rings is 1. The summed E-state index contributed by atoms with van der Waals surface area (Å²) in [6, 6.07) is 5.65. The van der Waals surface area contributed by atoms with Crippen LogP contribution in [-0.4, -0.2) is 19.2 Å². The van der Waals surface area contributed by atoms with Crippen molar-refractivity contribution in [2.75, 3.05) is 13.2 Å². The predicted molar refractivity (Wildman–Crippen MR) is 82.0 cm³/mol. The van der Waals surface area contributed by atoms with Crippen LogP contribution in [0.4, 0.5) is 0 Å². The number of carbonyl (C=O) groups excluding carboxylic acids is 1. The zero-order chi connectivity index (χ0) is 15.4. The minimum absolute atomic E-state index is 0.318. The highest BCUT2D eigenvalue weighted by atomic mass is 35.5. The predicted octanol–water partition coefficient (Wildman–Crippen LogP) is 3.38. The molecule has 0 fully saturated rings. The van der Waals surface area contributed by atoms with Crippen molar-refractivity contribution in [3.63, 3.8) is 0 Å². The number of aromatic nitrogens is 1. The summed E-state index contributed by atoms with van der Waals surface area (Å²) in [5.41, 5.74) is 1.27. The maximum absolute atomic E-state index is 12.0. The van der Waals surface area contributed by atoms with Gasteiger partial charge in [-0.2, -0.15) is 4.57 Å². The number of fused-ring (bicyclic) bond motifs is 1. The first-order valence-corrected chi connectivity index (χ1v) is 7.46. The van der Waals surface area contributed by atoms with Gasteiger partial charge in [0.15, 0.2) is 11.9 Å². The molecule has 0 amide bonds. The van der Waals surface area contributed by atoms with E-state index in [0.717, 1.165) is 16.7 Å². The summed E-state index contributed by atoms with van der Waals surface area (Å²) < 4.78 is 12.7. The summed E-state index contributed by atoms with van der Waals surface area (Å²) in [5.74, 6) is 0.350. The van der Waals surface area contributed by atoms with E-state index in [2.05, 4.69) is 0 Å². The van der Waals surface area contributed by atoms with E-state index in [1.54, 1.807) is 13.1 Å². The number of aryl methyl sites for hydroxylation is 1. The molecule has 1 aromatic heterocycles. The summed E-state index contributed by atoms with van der Waals surface area (Å²) in [6.07, 6.45) is 1.73. The Morgan fingerprint density at radius 1 is 1.24 bits per heavy atom. The summed E-state index contributed by atoms with van der Waals surface area (Å²) in [6.45, 7) is 7.30. The number of nitrogens with zero attached hydrogens (tertiary/aromatic N) is 1. The van der Waals surface area contributed by atoms with Gasteiger partial charge in [0, 0.05) is 0 Å². The highest BCUT2D eigenvalue weighted by Gasteiger charge is 2.24. The molecule has 0 saturated carbocycles. The third kappa shape index (κ3) is 2.95. The van der Waals surface area contributed by atoms with Gasteiger partial charge in [-0.3, -0.25) is 0 Å². The number of esters is 1. The zero-order valence-electron chi connectivity index (χ0n) is 12.5. The Kier molecular flexibility index (Phi) is 5.02. The molecule has 0 aliphatic rings. The summed E-state index contributed by atoms with van der Waals surface area (Å²) in [7, 11) is 0. The number of hydrogen-bond donors (Lipinski definition) is 0.